The summed E-state index contributed by atoms with van der Waals surface area (Å²) in [6.45, 7) is 12.3. The Morgan fingerprint density at radius 3 is 2.07 bits per heavy atom. The van der Waals surface area contributed by atoms with Crippen LogP contribution < -0.4 is 5.56 Å². The minimum Gasteiger partial charge on any atom is -0.507 e. The van der Waals surface area contributed by atoms with Gasteiger partial charge in [0.2, 0.25) is 0 Å². The third-order valence-corrected chi connectivity index (χ3v) is 7.28. The van der Waals surface area contributed by atoms with Gasteiger partial charge in [-0.05, 0) is 115 Å². The van der Waals surface area contributed by atoms with Gasteiger partial charge in [-0.3, -0.25) is 9.36 Å². The highest BCUT2D eigenvalue weighted by molar-refractivity contribution is 5.80. The number of rotatable bonds is 3. The molecule has 0 aliphatic heterocycles. The summed E-state index contributed by atoms with van der Waals surface area (Å²) in [6, 6.07) is 25.5. The molecule has 0 spiro atoms. The Morgan fingerprint density at radius 2 is 1.41 bits per heavy atom. The summed E-state index contributed by atoms with van der Waals surface area (Å²) in [5.41, 5.74) is 7.92. The molecule has 1 aromatic heterocycles. The summed E-state index contributed by atoms with van der Waals surface area (Å²) in [5, 5.41) is 10.7. The highest BCUT2D eigenvalue weighted by Crippen LogP contribution is 2.25. The van der Waals surface area contributed by atoms with E-state index in [1.165, 1.54) is 5.56 Å². The summed E-state index contributed by atoms with van der Waals surface area (Å²) in [5.74, 6) is 7.36. The Labute approximate surface area is 241 Å². The minimum absolute atomic E-state index is 0.102. The molecule has 204 valence electrons. The molecule has 41 heavy (non-hydrogen) atoms. The van der Waals surface area contributed by atoms with Crippen LogP contribution in [-0.2, 0) is 5.41 Å². The molecule has 1 heterocycles. The molecule has 0 fully saturated rings. The predicted octanol–water partition coefficient (Wildman–Crippen LogP) is 7.88. The van der Waals surface area contributed by atoms with Crippen LogP contribution in [0.25, 0.3) is 28.7 Å². The molecule has 0 amide bonds. The first-order valence-corrected chi connectivity index (χ1v) is 13.7. The molecule has 4 aromatic carbocycles. The van der Waals surface area contributed by atoms with Crippen LogP contribution in [0, 0.1) is 32.6 Å². The molecular formula is C37H34N2O2. The lowest BCUT2D eigenvalue weighted by molar-refractivity contribution is 0.467. The zero-order valence-corrected chi connectivity index (χ0v) is 24.4. The second-order valence-corrected chi connectivity index (χ2v) is 11.5. The van der Waals surface area contributed by atoms with Crippen LogP contribution in [0.5, 0.6) is 5.75 Å². The van der Waals surface area contributed by atoms with E-state index in [1.807, 2.05) is 87.5 Å². The lowest BCUT2D eigenvalue weighted by atomic mass is 9.87. The SMILES string of the molecule is Cc1cc(C#Cc2ccc(C(C)(C)C)cc2)ccc1-n1c(C=Cc2cc(C)c(O)c(C)c2)nc2ccccc2c1=O. The maximum atomic E-state index is 13.8. The van der Waals surface area contributed by atoms with E-state index in [0.29, 0.717) is 22.5 Å². The third-order valence-electron chi connectivity index (χ3n) is 7.28. The van der Waals surface area contributed by atoms with Gasteiger partial charge in [0.05, 0.1) is 16.6 Å². The molecule has 1 N–H and O–H groups in total. The summed E-state index contributed by atoms with van der Waals surface area (Å²) in [7, 11) is 0. The van der Waals surface area contributed by atoms with Gasteiger partial charge in [-0.1, -0.05) is 63.0 Å². The standard InChI is InChI=1S/C37H34N2O2/c1-24-21-28(12-11-27-13-17-30(18-14-27)37(4,5)6)15-19-33(24)39-34(38-32-10-8-7-9-31(32)36(39)41)20-16-29-22-25(2)35(40)26(3)23-29/h7-10,13-23,40H,1-6H3. The molecule has 0 saturated heterocycles. The van der Waals surface area contributed by atoms with Crippen molar-refractivity contribution in [1.82, 2.24) is 9.55 Å². The van der Waals surface area contributed by atoms with Crippen molar-refractivity contribution in [1.29, 1.82) is 0 Å². The van der Waals surface area contributed by atoms with Gasteiger partial charge in [0.15, 0.2) is 0 Å². The molecule has 0 aliphatic rings. The van der Waals surface area contributed by atoms with Crippen molar-refractivity contribution in [2.45, 2.75) is 47.0 Å². The van der Waals surface area contributed by atoms with E-state index < -0.39 is 0 Å². The fourth-order valence-corrected chi connectivity index (χ4v) is 4.93. The maximum Gasteiger partial charge on any atom is 0.266 e. The smallest absolute Gasteiger partial charge is 0.266 e. The first-order chi connectivity index (χ1) is 19.5. The van der Waals surface area contributed by atoms with Gasteiger partial charge in [0, 0.05) is 11.1 Å². The second kappa shape index (κ2) is 10.9. The molecule has 0 unspecified atom stereocenters. The molecule has 5 rings (SSSR count). The molecule has 0 saturated carbocycles. The normalized spacial score (nSPS) is 11.6. The molecule has 0 radical (unpaired) electrons. The number of benzene rings is 4. The van der Waals surface area contributed by atoms with E-state index in [2.05, 4.69) is 56.9 Å². The summed E-state index contributed by atoms with van der Waals surface area (Å²) in [6.07, 6.45) is 3.78. The summed E-state index contributed by atoms with van der Waals surface area (Å²) < 4.78 is 1.66. The van der Waals surface area contributed by atoms with Gasteiger partial charge in [-0.2, -0.15) is 0 Å². The lowest BCUT2D eigenvalue weighted by Crippen LogP contribution is -2.23. The molecule has 0 bridgehead atoms. The highest BCUT2D eigenvalue weighted by Gasteiger charge is 2.14. The van der Waals surface area contributed by atoms with Gasteiger partial charge >= 0.3 is 0 Å². The lowest BCUT2D eigenvalue weighted by Gasteiger charge is -2.18. The topological polar surface area (TPSA) is 55.1 Å². The number of fused-ring (bicyclic) bond motifs is 1. The van der Waals surface area contributed by atoms with Crippen molar-refractivity contribution in [2.75, 3.05) is 0 Å². The van der Waals surface area contributed by atoms with Crippen molar-refractivity contribution >= 4 is 23.1 Å². The Bertz CT molecular complexity index is 1900. The van der Waals surface area contributed by atoms with Crippen LogP contribution >= 0.6 is 0 Å². The zero-order chi connectivity index (χ0) is 29.3. The van der Waals surface area contributed by atoms with Crippen molar-refractivity contribution in [3.05, 3.63) is 134 Å². The van der Waals surface area contributed by atoms with Crippen LogP contribution in [0.1, 0.15) is 65.5 Å². The van der Waals surface area contributed by atoms with E-state index in [0.717, 1.165) is 39.1 Å². The van der Waals surface area contributed by atoms with Gasteiger partial charge in [-0.25, -0.2) is 4.98 Å². The largest absolute Gasteiger partial charge is 0.507 e. The van der Waals surface area contributed by atoms with Crippen LogP contribution in [-0.4, -0.2) is 14.7 Å². The van der Waals surface area contributed by atoms with Crippen LogP contribution in [0.2, 0.25) is 0 Å². The van der Waals surface area contributed by atoms with Crippen molar-refractivity contribution in [3.63, 3.8) is 0 Å². The second-order valence-electron chi connectivity index (χ2n) is 11.5. The van der Waals surface area contributed by atoms with E-state index >= 15 is 0 Å². The Balaban J connectivity index is 1.56. The first-order valence-electron chi connectivity index (χ1n) is 13.7. The average molecular weight is 539 g/mol. The van der Waals surface area contributed by atoms with E-state index in [-0.39, 0.29) is 11.0 Å². The Kier molecular flexibility index (Phi) is 7.39. The van der Waals surface area contributed by atoms with Gasteiger partial charge in [0.1, 0.15) is 11.6 Å². The highest BCUT2D eigenvalue weighted by atomic mass is 16.3. The number of hydrogen-bond acceptors (Lipinski definition) is 3. The fraction of sp³-hybridized carbons (Fsp3) is 0.189. The maximum absolute atomic E-state index is 13.8. The number of phenolic OH excluding ortho intramolecular Hbond substituents is 1. The van der Waals surface area contributed by atoms with E-state index in [1.54, 1.807) is 4.57 Å². The number of aryl methyl sites for hydroxylation is 3. The van der Waals surface area contributed by atoms with Crippen molar-refractivity contribution < 1.29 is 5.11 Å². The van der Waals surface area contributed by atoms with Crippen molar-refractivity contribution in [2.24, 2.45) is 0 Å². The Morgan fingerprint density at radius 1 is 0.780 bits per heavy atom. The number of nitrogens with zero attached hydrogens (tertiary/aromatic N) is 2. The molecule has 0 aliphatic carbocycles. The molecular weight excluding hydrogens is 504 g/mol. The fourth-order valence-electron chi connectivity index (χ4n) is 4.93. The number of phenols is 1. The Hall–Kier alpha value is -4.88. The average Bonchev–Trinajstić information content (AvgIpc) is 2.94. The van der Waals surface area contributed by atoms with E-state index in [9.17, 15) is 9.90 Å². The number of hydrogen-bond donors (Lipinski definition) is 1. The van der Waals surface area contributed by atoms with Crippen LogP contribution in [0.4, 0.5) is 0 Å². The monoisotopic (exact) mass is 538 g/mol. The first kappa shape index (κ1) is 27.7. The van der Waals surface area contributed by atoms with Crippen molar-refractivity contribution in [3.8, 4) is 23.3 Å². The van der Waals surface area contributed by atoms with Gasteiger partial charge in [0.25, 0.3) is 5.56 Å². The van der Waals surface area contributed by atoms with Crippen LogP contribution in [0.15, 0.2) is 83.7 Å². The molecule has 5 aromatic rings. The predicted molar refractivity (Wildman–Crippen MR) is 170 cm³/mol. The number of aromatic nitrogens is 2. The number of aromatic hydroxyl groups is 1. The zero-order valence-electron chi connectivity index (χ0n) is 24.4. The quantitative estimate of drug-likeness (QED) is 0.238. The van der Waals surface area contributed by atoms with Gasteiger partial charge in [-0.15, -0.1) is 0 Å². The molecule has 0 atom stereocenters. The summed E-state index contributed by atoms with van der Waals surface area (Å²) in [4.78, 5) is 18.6. The number of para-hydroxylation sites is 1. The molecule has 4 heteroatoms. The summed E-state index contributed by atoms with van der Waals surface area (Å²) >= 11 is 0. The third kappa shape index (κ3) is 5.85. The molecule has 4 nitrogen and oxygen atoms in total. The van der Waals surface area contributed by atoms with Gasteiger partial charge < -0.3 is 5.11 Å². The minimum atomic E-state index is -0.130. The van der Waals surface area contributed by atoms with E-state index in [4.69, 9.17) is 4.98 Å². The van der Waals surface area contributed by atoms with Crippen LogP contribution in [0.3, 0.4) is 0 Å².